The second-order valence-electron chi connectivity index (χ2n) is 7.56. The molecule has 2 unspecified atom stereocenters. The number of carbonyl (C=O) groups is 1. The molecule has 1 N–H and O–H groups in total. The number of nitrogens with one attached hydrogen (secondary N) is 1. The van der Waals surface area contributed by atoms with E-state index >= 15 is 0 Å². The molecule has 1 aliphatic rings. The molecule has 0 spiro atoms. The number of hydrogen-bond acceptors (Lipinski definition) is 5. The Labute approximate surface area is 167 Å². The number of ether oxygens (including phenoxy) is 1. The molecule has 0 aliphatic carbocycles. The van der Waals surface area contributed by atoms with Crippen LogP contribution in [-0.4, -0.2) is 42.7 Å². The first kappa shape index (κ1) is 20.4. The Morgan fingerprint density at radius 3 is 2.61 bits per heavy atom. The Kier molecular flexibility index (Phi) is 6.73. The number of piperidine rings is 1. The third-order valence-electron chi connectivity index (χ3n) is 5.71. The molecule has 3 rings (SSSR count). The van der Waals surface area contributed by atoms with Crippen LogP contribution in [0.4, 0.5) is 0 Å². The molecular weight excluding hydrogens is 354 g/mol. The fraction of sp³-hybridized carbons (Fsp3) is 0.545. The Morgan fingerprint density at radius 2 is 1.96 bits per heavy atom. The first-order valence-electron chi connectivity index (χ1n) is 10.1. The number of likely N-dealkylation sites (tertiary alicyclic amines) is 1. The Morgan fingerprint density at radius 1 is 1.25 bits per heavy atom. The first-order valence-corrected chi connectivity index (χ1v) is 10.1. The van der Waals surface area contributed by atoms with Crippen LogP contribution in [0.2, 0.25) is 0 Å². The van der Waals surface area contributed by atoms with Crippen LogP contribution in [0.15, 0.2) is 28.8 Å². The van der Waals surface area contributed by atoms with E-state index in [4.69, 9.17) is 9.26 Å². The fourth-order valence-corrected chi connectivity index (χ4v) is 4.20. The topological polar surface area (TPSA) is 67.6 Å². The number of hydrogen-bond donors (Lipinski definition) is 1. The Hall–Kier alpha value is -2.34. The third kappa shape index (κ3) is 4.38. The molecule has 6 heteroatoms. The molecular formula is C22H31N3O3. The van der Waals surface area contributed by atoms with Gasteiger partial charge in [0.1, 0.15) is 11.5 Å². The Bertz CT molecular complexity index is 777. The summed E-state index contributed by atoms with van der Waals surface area (Å²) in [7, 11) is 1.70. The summed E-state index contributed by atoms with van der Waals surface area (Å²) in [5.41, 5.74) is 2.78. The van der Waals surface area contributed by atoms with Crippen molar-refractivity contribution in [3.63, 3.8) is 0 Å². The van der Waals surface area contributed by atoms with Gasteiger partial charge in [-0.05, 0) is 52.8 Å². The van der Waals surface area contributed by atoms with Crippen molar-refractivity contribution in [2.75, 3.05) is 26.7 Å². The molecule has 1 aliphatic heterocycles. The van der Waals surface area contributed by atoms with E-state index in [9.17, 15) is 4.79 Å². The normalized spacial score (nSPS) is 17.1. The summed E-state index contributed by atoms with van der Waals surface area (Å²) >= 11 is 0. The lowest BCUT2D eigenvalue weighted by molar-refractivity contribution is -0.122. The zero-order chi connectivity index (χ0) is 20.1. The van der Waals surface area contributed by atoms with E-state index in [2.05, 4.69) is 21.4 Å². The summed E-state index contributed by atoms with van der Waals surface area (Å²) in [6.07, 6.45) is 3.65. The number of aromatic nitrogens is 1. The van der Waals surface area contributed by atoms with E-state index in [0.29, 0.717) is 12.3 Å². The molecule has 1 saturated heterocycles. The van der Waals surface area contributed by atoms with E-state index in [1.807, 2.05) is 39.0 Å². The van der Waals surface area contributed by atoms with Crippen molar-refractivity contribution < 1.29 is 14.1 Å². The van der Waals surface area contributed by atoms with E-state index in [-0.39, 0.29) is 17.9 Å². The van der Waals surface area contributed by atoms with Crippen LogP contribution in [0.1, 0.15) is 60.7 Å². The van der Waals surface area contributed by atoms with E-state index in [0.717, 1.165) is 35.7 Å². The molecule has 2 atom stereocenters. The molecule has 152 valence electrons. The van der Waals surface area contributed by atoms with Gasteiger partial charge in [0, 0.05) is 17.7 Å². The fourth-order valence-electron chi connectivity index (χ4n) is 4.20. The highest BCUT2D eigenvalue weighted by atomic mass is 16.5. The van der Waals surface area contributed by atoms with Gasteiger partial charge in [-0.25, -0.2) is 0 Å². The molecule has 1 aromatic carbocycles. The molecule has 1 amide bonds. The lowest BCUT2D eigenvalue weighted by Crippen LogP contribution is -2.41. The first-order chi connectivity index (χ1) is 13.5. The molecule has 2 heterocycles. The second kappa shape index (κ2) is 9.24. The molecule has 6 nitrogen and oxygen atoms in total. The maximum atomic E-state index is 12.9. The van der Waals surface area contributed by atoms with Crippen LogP contribution >= 0.6 is 0 Å². The number of methoxy groups -OCH3 is 1. The van der Waals surface area contributed by atoms with E-state index in [1.54, 1.807) is 7.11 Å². The number of rotatable bonds is 7. The van der Waals surface area contributed by atoms with Gasteiger partial charge in [0.05, 0.1) is 24.8 Å². The smallest absolute Gasteiger partial charge is 0.227 e. The van der Waals surface area contributed by atoms with Crippen molar-refractivity contribution in [1.82, 2.24) is 15.4 Å². The number of aryl methyl sites for hydroxylation is 2. The van der Waals surface area contributed by atoms with Crippen molar-refractivity contribution in [1.29, 1.82) is 0 Å². The highest BCUT2D eigenvalue weighted by Crippen LogP contribution is 2.31. The zero-order valence-electron chi connectivity index (χ0n) is 17.3. The predicted molar refractivity (Wildman–Crippen MR) is 109 cm³/mol. The highest BCUT2D eigenvalue weighted by Gasteiger charge is 2.27. The average molecular weight is 386 g/mol. The molecule has 0 saturated carbocycles. The van der Waals surface area contributed by atoms with Crippen molar-refractivity contribution in [3.05, 3.63) is 46.8 Å². The minimum Gasteiger partial charge on any atom is -0.496 e. The summed E-state index contributed by atoms with van der Waals surface area (Å²) < 4.78 is 10.8. The van der Waals surface area contributed by atoms with Crippen LogP contribution in [0.25, 0.3) is 0 Å². The van der Waals surface area contributed by atoms with Gasteiger partial charge in [-0.3, -0.25) is 9.69 Å². The molecule has 1 aromatic heterocycles. The van der Waals surface area contributed by atoms with Crippen LogP contribution in [0.5, 0.6) is 5.75 Å². The monoisotopic (exact) mass is 385 g/mol. The largest absolute Gasteiger partial charge is 0.496 e. The van der Waals surface area contributed by atoms with Gasteiger partial charge in [-0.2, -0.15) is 0 Å². The standard InChI is InChI=1S/C22H31N3O3/c1-15(21-16(2)24-28-17(21)3)22(26)23-14-19(25-12-8-5-9-13-25)18-10-6-7-11-20(18)27-4/h6-7,10-11,15,19H,5,8-9,12-14H2,1-4H3,(H,23,26). The molecule has 1 fully saturated rings. The summed E-state index contributed by atoms with van der Waals surface area (Å²) in [4.78, 5) is 15.3. The summed E-state index contributed by atoms with van der Waals surface area (Å²) in [5.74, 6) is 1.26. The molecule has 0 radical (unpaired) electrons. The number of nitrogens with zero attached hydrogens (tertiary/aromatic N) is 2. The lowest BCUT2D eigenvalue weighted by Gasteiger charge is -2.35. The predicted octanol–water partition coefficient (Wildman–Crippen LogP) is 3.75. The van der Waals surface area contributed by atoms with Crippen LogP contribution in [0, 0.1) is 13.8 Å². The highest BCUT2D eigenvalue weighted by molar-refractivity contribution is 5.83. The summed E-state index contributed by atoms with van der Waals surface area (Å²) in [6, 6.07) is 8.19. The van der Waals surface area contributed by atoms with E-state index in [1.165, 1.54) is 19.3 Å². The van der Waals surface area contributed by atoms with Crippen molar-refractivity contribution in [2.24, 2.45) is 0 Å². The molecule has 0 bridgehead atoms. The lowest BCUT2D eigenvalue weighted by atomic mass is 9.97. The molecule has 28 heavy (non-hydrogen) atoms. The molecule has 2 aromatic rings. The van der Waals surface area contributed by atoms with E-state index < -0.39 is 0 Å². The maximum absolute atomic E-state index is 12.9. The summed E-state index contributed by atoms with van der Waals surface area (Å²) in [5, 5.41) is 7.15. The van der Waals surface area contributed by atoms with Gasteiger partial charge in [0.15, 0.2) is 0 Å². The maximum Gasteiger partial charge on any atom is 0.227 e. The number of para-hydroxylation sites is 1. The van der Waals surface area contributed by atoms with Crippen molar-refractivity contribution in [2.45, 2.75) is 52.0 Å². The van der Waals surface area contributed by atoms with Crippen LogP contribution in [0.3, 0.4) is 0 Å². The second-order valence-corrected chi connectivity index (χ2v) is 7.56. The van der Waals surface area contributed by atoms with Crippen LogP contribution in [-0.2, 0) is 4.79 Å². The number of carbonyl (C=O) groups excluding carboxylic acids is 1. The Balaban J connectivity index is 1.77. The van der Waals surface area contributed by atoms with Gasteiger partial charge in [-0.15, -0.1) is 0 Å². The van der Waals surface area contributed by atoms with Gasteiger partial charge in [-0.1, -0.05) is 29.8 Å². The van der Waals surface area contributed by atoms with Gasteiger partial charge in [0.25, 0.3) is 0 Å². The quantitative estimate of drug-likeness (QED) is 0.786. The minimum absolute atomic E-state index is 0.00805. The van der Waals surface area contributed by atoms with Crippen molar-refractivity contribution in [3.8, 4) is 5.75 Å². The van der Waals surface area contributed by atoms with Gasteiger partial charge < -0.3 is 14.6 Å². The third-order valence-corrected chi connectivity index (χ3v) is 5.71. The number of amides is 1. The summed E-state index contributed by atoms with van der Waals surface area (Å²) in [6.45, 7) is 8.26. The number of benzene rings is 1. The SMILES string of the molecule is COc1ccccc1C(CNC(=O)C(C)c1c(C)noc1C)N1CCCCC1. The van der Waals surface area contributed by atoms with Gasteiger partial charge in [0.2, 0.25) is 5.91 Å². The minimum atomic E-state index is -0.300. The average Bonchev–Trinajstić information content (AvgIpc) is 3.06. The van der Waals surface area contributed by atoms with Gasteiger partial charge >= 0.3 is 0 Å². The van der Waals surface area contributed by atoms with Crippen LogP contribution < -0.4 is 10.1 Å². The zero-order valence-corrected chi connectivity index (χ0v) is 17.3. The van der Waals surface area contributed by atoms with Crippen molar-refractivity contribution >= 4 is 5.91 Å².